The highest BCUT2D eigenvalue weighted by atomic mass is 32.2. The van der Waals surface area contributed by atoms with E-state index in [0.717, 1.165) is 6.26 Å². The number of hydrogen-bond donors (Lipinski definition) is 2. The van der Waals surface area contributed by atoms with Crippen molar-refractivity contribution in [2.24, 2.45) is 0 Å². The Morgan fingerprint density at radius 1 is 1.00 bits per heavy atom. The molecule has 3 aromatic carbocycles. The fourth-order valence-corrected chi connectivity index (χ4v) is 6.02. The molecule has 0 aliphatic carbocycles. The van der Waals surface area contributed by atoms with Crippen molar-refractivity contribution in [1.29, 1.82) is 5.26 Å². The van der Waals surface area contributed by atoms with Crippen LogP contribution in [0.15, 0.2) is 70.5 Å². The maximum absolute atomic E-state index is 13.0. The van der Waals surface area contributed by atoms with Crippen LogP contribution in [-0.4, -0.2) is 55.9 Å². The molecule has 0 atom stereocenters. The molecule has 0 radical (unpaired) electrons. The molecular weight excluding hydrogens is 542 g/mol. The lowest BCUT2D eigenvalue weighted by Crippen LogP contribution is -2.27. The predicted molar refractivity (Wildman–Crippen MR) is 147 cm³/mol. The van der Waals surface area contributed by atoms with E-state index in [0.29, 0.717) is 22.4 Å². The lowest BCUT2D eigenvalue weighted by Gasteiger charge is -2.16. The van der Waals surface area contributed by atoms with Gasteiger partial charge >= 0.3 is 5.97 Å². The lowest BCUT2D eigenvalue weighted by atomic mass is 10.0. The Kier molecular flexibility index (Phi) is 9.69. The molecule has 0 fully saturated rings. The number of sulfone groups is 1. The Balaban J connectivity index is 1.90. The quantitative estimate of drug-likeness (QED) is 0.312. The molecule has 0 amide bonds. The summed E-state index contributed by atoms with van der Waals surface area (Å²) in [5, 5.41) is 12.2. The molecule has 0 heterocycles. The van der Waals surface area contributed by atoms with Crippen LogP contribution in [0.25, 0.3) is 11.1 Å². The van der Waals surface area contributed by atoms with E-state index in [1.165, 1.54) is 31.4 Å². The smallest absolute Gasteiger partial charge is 0.325 e. The Bertz CT molecular complexity index is 1610. The maximum Gasteiger partial charge on any atom is 0.325 e. The van der Waals surface area contributed by atoms with Crippen LogP contribution in [0.1, 0.15) is 18.1 Å². The van der Waals surface area contributed by atoms with Gasteiger partial charge in [0.05, 0.1) is 30.2 Å². The highest BCUT2D eigenvalue weighted by molar-refractivity contribution is 7.91. The molecule has 0 spiro atoms. The van der Waals surface area contributed by atoms with Crippen LogP contribution < -0.4 is 14.8 Å². The first-order chi connectivity index (χ1) is 18.5. The van der Waals surface area contributed by atoms with E-state index in [-0.39, 0.29) is 47.2 Å². The Morgan fingerprint density at radius 3 is 2.41 bits per heavy atom. The summed E-state index contributed by atoms with van der Waals surface area (Å²) >= 11 is 0. The summed E-state index contributed by atoms with van der Waals surface area (Å²) in [6, 6.07) is 17.8. The number of nitrogens with zero attached hydrogens (tertiary/aromatic N) is 1. The summed E-state index contributed by atoms with van der Waals surface area (Å²) in [4.78, 5) is 12.0. The van der Waals surface area contributed by atoms with E-state index in [4.69, 9.17) is 14.7 Å². The second-order valence-electron chi connectivity index (χ2n) is 8.42. The molecule has 0 saturated heterocycles. The van der Waals surface area contributed by atoms with Gasteiger partial charge in [-0.05, 0) is 54.8 Å². The van der Waals surface area contributed by atoms with Crippen molar-refractivity contribution in [2.45, 2.75) is 23.1 Å². The van der Waals surface area contributed by atoms with Gasteiger partial charge in [-0.2, -0.15) is 5.26 Å². The number of esters is 1. The fourth-order valence-electron chi connectivity index (χ4n) is 3.89. The van der Waals surface area contributed by atoms with Crippen LogP contribution in [0.5, 0.6) is 5.75 Å². The van der Waals surface area contributed by atoms with Gasteiger partial charge < -0.3 is 14.8 Å². The number of carbonyl (C=O) groups is 1. The average Bonchev–Trinajstić information content (AvgIpc) is 2.91. The molecule has 12 heteroatoms. The number of benzene rings is 3. The normalized spacial score (nSPS) is 11.4. The van der Waals surface area contributed by atoms with Crippen LogP contribution in [-0.2, 0) is 35.8 Å². The molecular formula is C27H29N3O7S2. The van der Waals surface area contributed by atoms with E-state index < -0.39 is 25.8 Å². The third kappa shape index (κ3) is 7.57. The minimum absolute atomic E-state index is 0.00434. The van der Waals surface area contributed by atoms with Crippen LogP contribution in [0.3, 0.4) is 0 Å². The minimum Gasteiger partial charge on any atom is -0.495 e. The Hall–Kier alpha value is -3.92. The topological polar surface area (TPSA) is 152 Å². The van der Waals surface area contributed by atoms with Gasteiger partial charge in [0.2, 0.25) is 10.0 Å². The monoisotopic (exact) mass is 571 g/mol. The number of anilines is 1. The van der Waals surface area contributed by atoms with E-state index >= 15 is 0 Å². The van der Waals surface area contributed by atoms with Crippen molar-refractivity contribution in [2.75, 3.05) is 38.4 Å². The molecule has 0 saturated carbocycles. The summed E-state index contributed by atoms with van der Waals surface area (Å²) < 4.78 is 63.3. The van der Waals surface area contributed by atoms with Gasteiger partial charge in [-0.1, -0.05) is 30.3 Å². The van der Waals surface area contributed by atoms with Crippen molar-refractivity contribution in [3.63, 3.8) is 0 Å². The van der Waals surface area contributed by atoms with Crippen molar-refractivity contribution in [3.05, 3.63) is 71.8 Å². The van der Waals surface area contributed by atoms with E-state index in [1.54, 1.807) is 43.3 Å². The van der Waals surface area contributed by atoms with Crippen LogP contribution >= 0.6 is 0 Å². The highest BCUT2D eigenvalue weighted by Crippen LogP contribution is 2.31. The molecule has 0 bridgehead atoms. The Morgan fingerprint density at radius 2 is 1.74 bits per heavy atom. The molecule has 0 aliphatic rings. The first kappa shape index (κ1) is 29.6. The zero-order valence-corrected chi connectivity index (χ0v) is 23.4. The van der Waals surface area contributed by atoms with Gasteiger partial charge in [0, 0.05) is 24.1 Å². The number of ether oxygens (including phenoxy) is 2. The average molecular weight is 572 g/mol. The summed E-state index contributed by atoms with van der Waals surface area (Å²) in [5.74, 6) is -0.372. The van der Waals surface area contributed by atoms with Gasteiger partial charge in [-0.15, -0.1) is 0 Å². The van der Waals surface area contributed by atoms with Gasteiger partial charge in [0.1, 0.15) is 17.2 Å². The summed E-state index contributed by atoms with van der Waals surface area (Å²) in [6.45, 7) is 1.77. The number of hydrogen-bond acceptors (Lipinski definition) is 9. The van der Waals surface area contributed by atoms with E-state index in [1.807, 2.05) is 6.07 Å². The number of sulfonamides is 1. The second-order valence-corrected chi connectivity index (χ2v) is 12.1. The van der Waals surface area contributed by atoms with E-state index in [9.17, 15) is 21.6 Å². The SMILES string of the molecule is CCOC(=O)CNc1cc(-c2ccccc2S(C)(=O)=O)ccc1CCNS(=O)(=O)c1cc(C#N)ccc1OC. The summed E-state index contributed by atoms with van der Waals surface area (Å²) in [5.41, 5.74) is 2.47. The van der Waals surface area contributed by atoms with Gasteiger partial charge in [0.15, 0.2) is 9.84 Å². The fraction of sp³-hybridized carbons (Fsp3) is 0.259. The van der Waals surface area contributed by atoms with Crippen molar-refractivity contribution < 1.29 is 31.1 Å². The molecule has 10 nitrogen and oxygen atoms in total. The van der Waals surface area contributed by atoms with Crippen molar-refractivity contribution in [1.82, 2.24) is 4.72 Å². The first-order valence-electron chi connectivity index (χ1n) is 11.9. The first-order valence-corrected chi connectivity index (χ1v) is 15.3. The van der Waals surface area contributed by atoms with Crippen molar-refractivity contribution >= 4 is 31.5 Å². The summed E-state index contributed by atoms with van der Waals surface area (Å²) in [7, 11) is -6.18. The number of methoxy groups -OCH3 is 1. The van der Waals surface area contributed by atoms with Crippen LogP contribution in [0.4, 0.5) is 5.69 Å². The van der Waals surface area contributed by atoms with Crippen molar-refractivity contribution in [3.8, 4) is 22.9 Å². The van der Waals surface area contributed by atoms with Crippen LogP contribution in [0, 0.1) is 11.3 Å². The van der Waals surface area contributed by atoms with E-state index in [2.05, 4.69) is 10.0 Å². The molecule has 0 aliphatic heterocycles. The summed E-state index contributed by atoms with van der Waals surface area (Å²) in [6.07, 6.45) is 1.37. The third-order valence-electron chi connectivity index (χ3n) is 5.70. The molecule has 0 aromatic heterocycles. The number of nitriles is 1. The molecule has 2 N–H and O–H groups in total. The molecule has 0 unspecified atom stereocenters. The third-order valence-corrected chi connectivity index (χ3v) is 8.34. The zero-order chi connectivity index (χ0) is 28.6. The maximum atomic E-state index is 13.0. The van der Waals surface area contributed by atoms with Gasteiger partial charge in [-0.3, -0.25) is 4.79 Å². The predicted octanol–water partition coefficient (Wildman–Crippen LogP) is 3.13. The minimum atomic E-state index is -4.01. The molecule has 206 valence electrons. The number of nitrogens with one attached hydrogen (secondary N) is 2. The Labute approximate surface area is 228 Å². The lowest BCUT2D eigenvalue weighted by molar-refractivity contribution is -0.140. The molecule has 39 heavy (non-hydrogen) atoms. The number of rotatable bonds is 12. The molecule has 3 rings (SSSR count). The van der Waals surface area contributed by atoms with Crippen LogP contribution in [0.2, 0.25) is 0 Å². The van der Waals surface area contributed by atoms with Gasteiger partial charge in [0.25, 0.3) is 0 Å². The largest absolute Gasteiger partial charge is 0.495 e. The molecule has 3 aromatic rings. The second kappa shape index (κ2) is 12.8. The highest BCUT2D eigenvalue weighted by Gasteiger charge is 2.21. The number of carbonyl (C=O) groups excluding carboxylic acids is 1. The standard InChI is InChI=1S/C27H29N3O7S2/c1-4-37-27(31)18-29-23-16-21(22-7-5-6-8-25(22)38(3,32)33)11-10-20(23)13-14-30-39(34,35)26-15-19(17-28)9-12-24(26)36-2/h5-12,15-16,29-30H,4,13-14,18H2,1-3H3. The van der Waals surface area contributed by atoms with Gasteiger partial charge in [-0.25, -0.2) is 21.6 Å². The zero-order valence-electron chi connectivity index (χ0n) is 21.7.